The summed E-state index contributed by atoms with van der Waals surface area (Å²) in [6.45, 7) is 10.9. The van der Waals surface area contributed by atoms with Gasteiger partial charge in [-0.1, -0.05) is 41.0 Å². The lowest BCUT2D eigenvalue weighted by molar-refractivity contribution is 0.780. The maximum Gasteiger partial charge on any atom is 0.191 e. The predicted octanol–water partition coefficient (Wildman–Crippen LogP) is 7.02. The van der Waals surface area contributed by atoms with E-state index in [0.29, 0.717) is 27.0 Å². The van der Waals surface area contributed by atoms with Gasteiger partial charge in [0.05, 0.1) is 5.57 Å². The molecule has 0 aliphatic rings. The molecule has 0 spiro atoms. The monoisotopic (exact) mass is 470 g/mol. The van der Waals surface area contributed by atoms with Gasteiger partial charge in [0.2, 0.25) is 0 Å². The quantitative estimate of drug-likeness (QED) is 0.296. The van der Waals surface area contributed by atoms with Gasteiger partial charge in [-0.3, -0.25) is 0 Å². The first-order valence-corrected chi connectivity index (χ1v) is 11.6. The van der Waals surface area contributed by atoms with Gasteiger partial charge < -0.3 is 4.57 Å². The zero-order chi connectivity index (χ0) is 22.9. The van der Waals surface area contributed by atoms with E-state index in [1.165, 1.54) is 33.4 Å². The second-order valence-electron chi connectivity index (χ2n) is 7.56. The van der Waals surface area contributed by atoms with E-state index in [9.17, 15) is 5.26 Å². The molecular weight excluding hydrogens is 447 g/mol. The van der Waals surface area contributed by atoms with Gasteiger partial charge in [-0.2, -0.15) is 5.26 Å². The molecule has 0 saturated carbocycles. The number of halogens is 2. The van der Waals surface area contributed by atoms with Crippen molar-refractivity contribution in [1.82, 2.24) is 14.8 Å². The SMILES string of the molecule is Cc1c(C)c(C)c(CSc2nnc(/C(C#N)=C\c3c(Cl)cccc3Cl)n2C)c(C)c1C. The molecule has 160 valence electrons. The molecule has 4 nitrogen and oxygen atoms in total. The molecule has 0 radical (unpaired) electrons. The van der Waals surface area contributed by atoms with E-state index in [2.05, 4.69) is 50.9 Å². The van der Waals surface area contributed by atoms with Crippen LogP contribution in [0.2, 0.25) is 10.0 Å². The van der Waals surface area contributed by atoms with Crippen LogP contribution >= 0.6 is 35.0 Å². The number of thioether (sulfide) groups is 1. The third-order valence-electron chi connectivity index (χ3n) is 5.99. The topological polar surface area (TPSA) is 54.5 Å². The molecule has 0 saturated heterocycles. The summed E-state index contributed by atoms with van der Waals surface area (Å²) in [6.07, 6.45) is 1.66. The average Bonchev–Trinajstić information content (AvgIpc) is 3.11. The van der Waals surface area contributed by atoms with Crippen molar-refractivity contribution in [3.63, 3.8) is 0 Å². The molecule has 1 aromatic heterocycles. The Bertz CT molecular complexity index is 1190. The summed E-state index contributed by atoms with van der Waals surface area (Å²) in [7, 11) is 1.86. The van der Waals surface area contributed by atoms with Gasteiger partial charge in [-0.25, -0.2) is 0 Å². The fraction of sp³-hybridized carbons (Fsp3) is 0.292. The lowest BCUT2D eigenvalue weighted by atomic mass is 9.90. The van der Waals surface area contributed by atoms with Crippen LogP contribution in [0.1, 0.15) is 44.8 Å². The average molecular weight is 471 g/mol. The van der Waals surface area contributed by atoms with Gasteiger partial charge in [0, 0.05) is 28.4 Å². The summed E-state index contributed by atoms with van der Waals surface area (Å²) in [4.78, 5) is 0. The largest absolute Gasteiger partial charge is 0.305 e. The summed E-state index contributed by atoms with van der Waals surface area (Å²) < 4.78 is 1.84. The van der Waals surface area contributed by atoms with Crippen LogP contribution in [0.15, 0.2) is 23.4 Å². The van der Waals surface area contributed by atoms with Gasteiger partial charge in [0.25, 0.3) is 0 Å². The van der Waals surface area contributed by atoms with Crippen molar-refractivity contribution in [3.05, 3.63) is 73.0 Å². The summed E-state index contributed by atoms with van der Waals surface area (Å²) in [5, 5.41) is 20.0. The second-order valence-corrected chi connectivity index (χ2v) is 9.32. The highest BCUT2D eigenvalue weighted by atomic mass is 35.5. The first-order valence-electron chi connectivity index (χ1n) is 9.81. The lowest BCUT2D eigenvalue weighted by Crippen LogP contribution is -2.03. The van der Waals surface area contributed by atoms with Crippen LogP contribution in [0.3, 0.4) is 0 Å². The van der Waals surface area contributed by atoms with Gasteiger partial charge >= 0.3 is 0 Å². The van der Waals surface area contributed by atoms with Gasteiger partial charge in [0.1, 0.15) is 6.07 Å². The van der Waals surface area contributed by atoms with E-state index < -0.39 is 0 Å². The van der Waals surface area contributed by atoms with Crippen LogP contribution < -0.4 is 0 Å². The minimum absolute atomic E-state index is 0.353. The maximum atomic E-state index is 9.73. The Labute approximate surface area is 197 Å². The van der Waals surface area contributed by atoms with Crippen molar-refractivity contribution in [3.8, 4) is 6.07 Å². The number of rotatable bonds is 5. The highest BCUT2D eigenvalue weighted by Gasteiger charge is 2.17. The number of nitrogens with zero attached hydrogens (tertiary/aromatic N) is 4. The van der Waals surface area contributed by atoms with Crippen LogP contribution in [0, 0.1) is 45.9 Å². The van der Waals surface area contributed by atoms with Gasteiger partial charge in [-0.05, 0) is 86.2 Å². The normalized spacial score (nSPS) is 11.6. The van der Waals surface area contributed by atoms with E-state index >= 15 is 0 Å². The van der Waals surface area contributed by atoms with Gasteiger partial charge in [0.15, 0.2) is 11.0 Å². The molecule has 0 fully saturated rings. The molecule has 7 heteroatoms. The zero-order valence-corrected chi connectivity index (χ0v) is 20.8. The van der Waals surface area contributed by atoms with Crippen molar-refractivity contribution in [2.75, 3.05) is 0 Å². The number of benzene rings is 2. The standard InChI is InChI=1S/C24H24Cl2N4S/c1-13-14(2)16(4)20(17(5)15(13)3)12-31-24-29-28-23(30(24)6)18(11-27)10-19-21(25)8-7-9-22(19)26/h7-10H,12H2,1-6H3/b18-10-. The molecular formula is C24H24Cl2N4S. The van der Waals surface area contributed by atoms with E-state index in [1.54, 1.807) is 36.0 Å². The molecule has 1 heterocycles. The molecule has 3 rings (SSSR count). The molecule has 2 aromatic carbocycles. The Morgan fingerprint density at radius 2 is 1.55 bits per heavy atom. The van der Waals surface area contributed by atoms with Crippen LogP contribution in [0.5, 0.6) is 0 Å². The Morgan fingerprint density at radius 1 is 1.00 bits per heavy atom. The minimum Gasteiger partial charge on any atom is -0.305 e. The fourth-order valence-corrected chi connectivity index (χ4v) is 5.14. The lowest BCUT2D eigenvalue weighted by Gasteiger charge is -2.18. The van der Waals surface area contributed by atoms with Crippen molar-refractivity contribution in [2.45, 2.75) is 45.5 Å². The van der Waals surface area contributed by atoms with Crippen molar-refractivity contribution < 1.29 is 0 Å². The summed E-state index contributed by atoms with van der Waals surface area (Å²) >= 11 is 14.1. The summed E-state index contributed by atoms with van der Waals surface area (Å²) in [5.41, 5.74) is 8.94. The van der Waals surface area contributed by atoms with E-state index in [4.69, 9.17) is 23.2 Å². The van der Waals surface area contributed by atoms with Crippen LogP contribution in [0.25, 0.3) is 11.6 Å². The third kappa shape index (κ3) is 4.52. The minimum atomic E-state index is 0.353. The Balaban J connectivity index is 1.93. The number of nitriles is 1. The molecule has 3 aromatic rings. The summed E-state index contributed by atoms with van der Waals surface area (Å²) in [5.74, 6) is 1.26. The van der Waals surface area contributed by atoms with Crippen molar-refractivity contribution in [2.24, 2.45) is 7.05 Å². The number of hydrogen-bond acceptors (Lipinski definition) is 4. The Morgan fingerprint density at radius 3 is 2.10 bits per heavy atom. The first-order chi connectivity index (χ1) is 14.7. The van der Waals surface area contributed by atoms with E-state index in [1.807, 2.05) is 11.6 Å². The number of allylic oxidation sites excluding steroid dienone is 1. The molecule has 0 aliphatic carbocycles. The van der Waals surface area contributed by atoms with Gasteiger partial charge in [-0.15, -0.1) is 10.2 Å². The molecule has 31 heavy (non-hydrogen) atoms. The molecule has 0 amide bonds. The predicted molar refractivity (Wildman–Crippen MR) is 131 cm³/mol. The number of aromatic nitrogens is 3. The van der Waals surface area contributed by atoms with Crippen LogP contribution in [-0.2, 0) is 12.8 Å². The summed E-state index contributed by atoms with van der Waals surface area (Å²) in [6, 6.07) is 7.44. The van der Waals surface area contributed by atoms with E-state index in [-0.39, 0.29) is 0 Å². The Kier molecular flexibility index (Phi) is 7.16. The maximum absolute atomic E-state index is 9.73. The zero-order valence-electron chi connectivity index (χ0n) is 18.5. The highest BCUT2D eigenvalue weighted by Crippen LogP contribution is 2.32. The molecule has 0 bridgehead atoms. The molecule has 0 N–H and O–H groups in total. The van der Waals surface area contributed by atoms with Crippen LogP contribution in [0.4, 0.5) is 0 Å². The molecule has 0 unspecified atom stereocenters. The Hall–Kier alpha value is -2.26. The van der Waals surface area contributed by atoms with Crippen molar-refractivity contribution in [1.29, 1.82) is 5.26 Å². The first kappa shape index (κ1) is 23.4. The molecule has 0 atom stereocenters. The van der Waals surface area contributed by atoms with Crippen molar-refractivity contribution >= 4 is 46.6 Å². The smallest absolute Gasteiger partial charge is 0.191 e. The molecule has 0 aliphatic heterocycles. The number of hydrogen-bond donors (Lipinski definition) is 0. The second kappa shape index (κ2) is 9.48. The fourth-order valence-electron chi connectivity index (χ4n) is 3.55. The van der Waals surface area contributed by atoms with E-state index in [0.717, 1.165) is 10.9 Å². The highest BCUT2D eigenvalue weighted by molar-refractivity contribution is 7.98. The third-order valence-corrected chi connectivity index (χ3v) is 7.69. The van der Waals surface area contributed by atoms with Crippen LogP contribution in [-0.4, -0.2) is 14.8 Å².